The summed E-state index contributed by atoms with van der Waals surface area (Å²) in [4.78, 5) is 16.9. The Kier molecular flexibility index (Phi) is 6.67. The molecule has 2 aromatic carbocycles. The van der Waals surface area contributed by atoms with Gasteiger partial charge in [0, 0.05) is 10.9 Å². The molecule has 0 N–H and O–H groups in total. The highest BCUT2D eigenvalue weighted by molar-refractivity contribution is 6.30. The zero-order valence-corrected chi connectivity index (χ0v) is 18.4. The van der Waals surface area contributed by atoms with Crippen LogP contribution in [0.2, 0.25) is 5.15 Å². The fraction of sp³-hybridized carbons (Fsp3) is 0.304. The Bertz CT molecular complexity index is 1070. The van der Waals surface area contributed by atoms with Gasteiger partial charge in [-0.25, -0.2) is 4.98 Å². The third-order valence-corrected chi connectivity index (χ3v) is 5.33. The molecule has 0 saturated carbocycles. The molecule has 0 aliphatic rings. The first-order valence-electron chi connectivity index (χ1n) is 9.37. The zero-order chi connectivity index (χ0) is 21.8. The third-order valence-electron chi connectivity index (χ3n) is 5.00. The maximum atomic E-state index is 12.4. The molecule has 0 radical (unpaired) electrons. The van der Waals surface area contributed by atoms with E-state index in [9.17, 15) is 4.79 Å². The number of esters is 1. The lowest BCUT2D eigenvalue weighted by Crippen LogP contribution is -2.09. The van der Waals surface area contributed by atoms with Crippen molar-refractivity contribution in [2.75, 3.05) is 21.3 Å². The lowest BCUT2D eigenvalue weighted by atomic mass is 10.0. The van der Waals surface area contributed by atoms with Crippen molar-refractivity contribution in [2.45, 2.75) is 26.9 Å². The molecular formula is C23H24ClNO5. The second-order valence-corrected chi connectivity index (χ2v) is 7.25. The van der Waals surface area contributed by atoms with Gasteiger partial charge in [-0.3, -0.25) is 4.79 Å². The number of hydrogen-bond donors (Lipinski definition) is 0. The first-order valence-corrected chi connectivity index (χ1v) is 9.75. The number of methoxy groups -OCH3 is 3. The first-order chi connectivity index (χ1) is 14.4. The average Bonchev–Trinajstić information content (AvgIpc) is 2.74. The predicted molar refractivity (Wildman–Crippen MR) is 116 cm³/mol. The quantitative estimate of drug-likeness (QED) is 0.396. The molecule has 0 amide bonds. The number of benzene rings is 2. The largest absolute Gasteiger partial charge is 0.493 e. The maximum absolute atomic E-state index is 12.4. The summed E-state index contributed by atoms with van der Waals surface area (Å²) < 4.78 is 21.4. The highest BCUT2D eigenvalue weighted by Gasteiger charge is 2.16. The van der Waals surface area contributed by atoms with Gasteiger partial charge >= 0.3 is 5.97 Å². The molecule has 3 rings (SSSR count). The van der Waals surface area contributed by atoms with Crippen LogP contribution >= 0.6 is 11.6 Å². The molecule has 0 bridgehead atoms. The molecule has 1 heterocycles. The normalized spacial score (nSPS) is 10.7. The number of aryl methyl sites for hydroxylation is 2. The third kappa shape index (κ3) is 4.44. The van der Waals surface area contributed by atoms with Crippen LogP contribution in [0.4, 0.5) is 0 Å². The molecule has 6 nitrogen and oxygen atoms in total. The van der Waals surface area contributed by atoms with E-state index in [1.54, 1.807) is 12.1 Å². The van der Waals surface area contributed by atoms with Gasteiger partial charge in [-0.2, -0.15) is 0 Å². The van der Waals surface area contributed by atoms with Crippen molar-refractivity contribution in [2.24, 2.45) is 0 Å². The number of fused-ring (bicyclic) bond motifs is 1. The molecule has 0 saturated heterocycles. The van der Waals surface area contributed by atoms with Crippen molar-refractivity contribution in [3.63, 3.8) is 0 Å². The van der Waals surface area contributed by atoms with E-state index in [4.69, 9.17) is 30.5 Å². The summed E-state index contributed by atoms with van der Waals surface area (Å²) in [6.45, 7) is 4.08. The molecule has 7 heteroatoms. The number of halogens is 1. The fourth-order valence-corrected chi connectivity index (χ4v) is 3.41. The zero-order valence-electron chi connectivity index (χ0n) is 17.7. The monoisotopic (exact) mass is 429 g/mol. The van der Waals surface area contributed by atoms with Gasteiger partial charge < -0.3 is 18.9 Å². The number of ether oxygens (including phenoxy) is 4. The number of aromatic nitrogens is 1. The van der Waals surface area contributed by atoms with Crippen LogP contribution in [0.1, 0.15) is 22.3 Å². The Hall–Kier alpha value is -2.99. The van der Waals surface area contributed by atoms with Crippen LogP contribution in [0, 0.1) is 13.8 Å². The van der Waals surface area contributed by atoms with Crippen LogP contribution < -0.4 is 14.2 Å². The number of hydrogen-bond acceptors (Lipinski definition) is 6. The molecular weight excluding hydrogens is 406 g/mol. The summed E-state index contributed by atoms with van der Waals surface area (Å²) in [5.41, 5.74) is 4.43. The topological polar surface area (TPSA) is 66.9 Å². The van der Waals surface area contributed by atoms with Crippen LogP contribution in [0.5, 0.6) is 17.2 Å². The number of nitrogens with zero attached hydrogens (tertiary/aromatic N) is 1. The summed E-state index contributed by atoms with van der Waals surface area (Å²) in [5, 5.41) is 1.29. The number of carbonyl (C=O) groups is 1. The Morgan fingerprint density at radius 3 is 2.27 bits per heavy atom. The molecule has 0 aliphatic carbocycles. The van der Waals surface area contributed by atoms with E-state index in [1.807, 2.05) is 32.0 Å². The van der Waals surface area contributed by atoms with Crippen LogP contribution in [0.15, 0.2) is 30.3 Å². The molecule has 30 heavy (non-hydrogen) atoms. The van der Waals surface area contributed by atoms with E-state index in [-0.39, 0.29) is 13.0 Å². The van der Waals surface area contributed by atoms with E-state index in [2.05, 4.69) is 4.98 Å². The van der Waals surface area contributed by atoms with Gasteiger partial charge in [0.05, 0.1) is 33.3 Å². The minimum absolute atomic E-state index is 0.0396. The smallest absolute Gasteiger partial charge is 0.310 e. The van der Waals surface area contributed by atoms with Crippen molar-refractivity contribution in [3.05, 3.63) is 57.7 Å². The second-order valence-electron chi connectivity index (χ2n) is 6.89. The van der Waals surface area contributed by atoms with Crippen LogP contribution in [0.3, 0.4) is 0 Å². The van der Waals surface area contributed by atoms with Gasteiger partial charge in [0.2, 0.25) is 5.75 Å². The fourth-order valence-electron chi connectivity index (χ4n) is 3.22. The molecule has 158 valence electrons. The van der Waals surface area contributed by atoms with Gasteiger partial charge in [0.15, 0.2) is 11.5 Å². The highest BCUT2D eigenvalue weighted by atomic mass is 35.5. The molecule has 0 fully saturated rings. The van der Waals surface area contributed by atoms with Crippen molar-refractivity contribution >= 4 is 28.5 Å². The van der Waals surface area contributed by atoms with Crippen LogP contribution in [-0.4, -0.2) is 32.3 Å². The standard InChI is InChI=1S/C23H24ClNO5/c1-13-6-7-16-11-17(23(24)25-21(16)14(13)2)12-30-20(26)10-15-8-18(27-3)22(29-5)19(9-15)28-4/h6-9,11H,10,12H2,1-5H3. The van der Waals surface area contributed by atoms with Gasteiger partial charge in [-0.05, 0) is 48.7 Å². The number of rotatable bonds is 7. The van der Waals surface area contributed by atoms with E-state index in [0.717, 1.165) is 22.0 Å². The van der Waals surface area contributed by atoms with Crippen molar-refractivity contribution in [1.82, 2.24) is 4.98 Å². The minimum Gasteiger partial charge on any atom is -0.493 e. The molecule has 0 spiro atoms. The molecule has 0 atom stereocenters. The number of carbonyl (C=O) groups excluding carboxylic acids is 1. The van der Waals surface area contributed by atoms with E-state index < -0.39 is 5.97 Å². The Labute approximate surface area is 180 Å². The van der Waals surface area contributed by atoms with Gasteiger partial charge in [0.1, 0.15) is 11.8 Å². The minimum atomic E-state index is -0.402. The molecule has 0 unspecified atom stereocenters. The van der Waals surface area contributed by atoms with Gasteiger partial charge in [0.25, 0.3) is 0 Å². The van der Waals surface area contributed by atoms with Crippen LogP contribution in [-0.2, 0) is 22.6 Å². The van der Waals surface area contributed by atoms with Crippen molar-refractivity contribution in [1.29, 1.82) is 0 Å². The van der Waals surface area contributed by atoms with Crippen LogP contribution in [0.25, 0.3) is 10.9 Å². The van der Waals surface area contributed by atoms with E-state index in [0.29, 0.717) is 33.5 Å². The van der Waals surface area contributed by atoms with Crippen molar-refractivity contribution < 1.29 is 23.7 Å². The van der Waals surface area contributed by atoms with E-state index in [1.165, 1.54) is 21.3 Å². The second kappa shape index (κ2) is 9.22. The van der Waals surface area contributed by atoms with E-state index >= 15 is 0 Å². The van der Waals surface area contributed by atoms with Gasteiger partial charge in [-0.1, -0.05) is 23.7 Å². The summed E-state index contributed by atoms with van der Waals surface area (Å²) >= 11 is 6.33. The highest BCUT2D eigenvalue weighted by Crippen LogP contribution is 2.38. The lowest BCUT2D eigenvalue weighted by Gasteiger charge is -2.14. The summed E-state index contributed by atoms with van der Waals surface area (Å²) in [6, 6.07) is 9.37. The summed E-state index contributed by atoms with van der Waals surface area (Å²) in [6.07, 6.45) is 0.0493. The molecule has 1 aromatic heterocycles. The maximum Gasteiger partial charge on any atom is 0.310 e. The summed E-state index contributed by atoms with van der Waals surface area (Å²) in [7, 11) is 4.58. The average molecular weight is 430 g/mol. The predicted octanol–water partition coefficient (Wildman–Crippen LogP) is 4.82. The SMILES string of the molecule is COc1cc(CC(=O)OCc2cc3ccc(C)c(C)c3nc2Cl)cc(OC)c1OC. The Morgan fingerprint density at radius 1 is 1.00 bits per heavy atom. The molecule has 0 aliphatic heterocycles. The Balaban J connectivity index is 1.75. The number of pyridine rings is 1. The first kappa shape index (κ1) is 21.7. The van der Waals surface area contributed by atoms with Gasteiger partial charge in [-0.15, -0.1) is 0 Å². The lowest BCUT2D eigenvalue weighted by molar-refractivity contribution is -0.144. The Morgan fingerprint density at radius 2 is 1.67 bits per heavy atom. The molecule has 3 aromatic rings. The van der Waals surface area contributed by atoms with Crippen molar-refractivity contribution in [3.8, 4) is 17.2 Å². The summed E-state index contributed by atoms with van der Waals surface area (Å²) in [5.74, 6) is 1.02.